The lowest BCUT2D eigenvalue weighted by atomic mass is 9.97. The minimum atomic E-state index is -0.695. The summed E-state index contributed by atoms with van der Waals surface area (Å²) in [6.45, 7) is 8.58. The summed E-state index contributed by atoms with van der Waals surface area (Å²) in [4.78, 5) is 30.3. The largest absolute Gasteiger partial charge is 0.364 e. The number of carbonyl (C=O) groups excluding carboxylic acids is 2. The maximum Gasteiger partial charge on any atom is 0.273 e. The molecule has 3 N–H and O–H groups in total. The van der Waals surface area contributed by atoms with E-state index >= 15 is 0 Å². The monoisotopic (exact) mass is 422 g/mol. The summed E-state index contributed by atoms with van der Waals surface area (Å²) < 4.78 is 0. The number of benzene rings is 1. The van der Waals surface area contributed by atoms with Gasteiger partial charge in [0.25, 0.3) is 5.91 Å². The van der Waals surface area contributed by atoms with Gasteiger partial charge in [-0.3, -0.25) is 9.59 Å². The van der Waals surface area contributed by atoms with Crippen molar-refractivity contribution in [2.75, 3.05) is 16.8 Å². The van der Waals surface area contributed by atoms with Crippen LogP contribution in [0.25, 0.3) is 0 Å². The Bertz CT molecular complexity index is 942. The quantitative estimate of drug-likeness (QED) is 0.592. The minimum Gasteiger partial charge on any atom is -0.364 e. The average molecular weight is 423 g/mol. The van der Waals surface area contributed by atoms with Crippen LogP contribution in [0.2, 0.25) is 0 Å². The zero-order chi connectivity index (χ0) is 22.4. The van der Waals surface area contributed by atoms with E-state index in [-0.39, 0.29) is 23.3 Å². The molecule has 1 amide bonds. The van der Waals surface area contributed by atoms with Gasteiger partial charge in [0.1, 0.15) is 0 Å². The van der Waals surface area contributed by atoms with Gasteiger partial charge in [-0.1, -0.05) is 32.6 Å². The summed E-state index contributed by atoms with van der Waals surface area (Å²) in [5.74, 6) is 0.468. The number of nitrogens with two attached hydrogens (primary N) is 1. The predicted octanol–water partition coefficient (Wildman–Crippen LogP) is 3.73. The van der Waals surface area contributed by atoms with Crippen LogP contribution in [0.3, 0.4) is 0 Å². The zero-order valence-electron chi connectivity index (χ0n) is 18.2. The van der Waals surface area contributed by atoms with Gasteiger partial charge in [-0.25, -0.2) is 0 Å². The molecule has 1 aliphatic heterocycles. The van der Waals surface area contributed by atoms with Gasteiger partial charge in [0.2, 0.25) is 5.95 Å². The van der Waals surface area contributed by atoms with Crippen LogP contribution in [-0.2, 0) is 4.79 Å². The molecular weight excluding hydrogens is 392 g/mol. The van der Waals surface area contributed by atoms with Gasteiger partial charge >= 0.3 is 0 Å². The maximum absolute atomic E-state index is 11.9. The van der Waals surface area contributed by atoms with Crippen LogP contribution < -0.4 is 16.0 Å². The number of ketones is 1. The third kappa shape index (κ3) is 5.65. The van der Waals surface area contributed by atoms with Gasteiger partial charge in [-0.15, -0.1) is 10.2 Å². The number of carbonyl (C=O) groups is 2. The van der Waals surface area contributed by atoms with Gasteiger partial charge in [0, 0.05) is 24.7 Å². The highest BCUT2D eigenvalue weighted by molar-refractivity contribution is 5.96. The van der Waals surface area contributed by atoms with E-state index in [1.807, 2.05) is 24.3 Å². The SMILES string of the molecule is C=CC(=O)CC[C@@H]1CCCCN1c1nnc(C(N)=O)c(Nc2ccc(C(C)C)cc2)n1. The number of rotatable bonds is 9. The van der Waals surface area contributed by atoms with Crippen molar-refractivity contribution < 1.29 is 9.59 Å². The van der Waals surface area contributed by atoms with Crippen LogP contribution in [0.15, 0.2) is 36.9 Å². The van der Waals surface area contributed by atoms with Crippen molar-refractivity contribution in [3.63, 3.8) is 0 Å². The Morgan fingerprint density at radius 3 is 2.65 bits per heavy atom. The van der Waals surface area contributed by atoms with Gasteiger partial charge < -0.3 is 16.0 Å². The van der Waals surface area contributed by atoms with Crippen LogP contribution >= 0.6 is 0 Å². The standard InChI is InChI=1S/C23H30N6O2/c1-4-19(30)13-12-18-7-5-6-14-29(18)23-26-22(20(21(24)31)27-28-23)25-17-10-8-16(9-11-17)15(2)3/h4,8-11,15,18H,1,5-7,12-14H2,2-3H3,(H2,24,31)(H,25,26,28)/t18-/m0/s1. The van der Waals surface area contributed by atoms with E-state index < -0.39 is 5.91 Å². The Balaban J connectivity index is 1.86. The molecular formula is C23H30N6O2. The molecule has 2 heterocycles. The zero-order valence-corrected chi connectivity index (χ0v) is 18.2. The molecule has 0 bridgehead atoms. The van der Waals surface area contributed by atoms with Crippen molar-refractivity contribution in [2.24, 2.45) is 5.73 Å². The van der Waals surface area contributed by atoms with Gasteiger partial charge in [0.05, 0.1) is 0 Å². The molecule has 0 radical (unpaired) electrons. The molecule has 0 unspecified atom stereocenters. The number of nitrogens with one attached hydrogen (secondary N) is 1. The second-order valence-electron chi connectivity index (χ2n) is 8.13. The van der Waals surface area contributed by atoms with Gasteiger partial charge in [-0.05, 0) is 55.4 Å². The highest BCUT2D eigenvalue weighted by atomic mass is 16.1. The molecule has 1 aromatic carbocycles. The van der Waals surface area contributed by atoms with Crippen LogP contribution in [0.5, 0.6) is 0 Å². The van der Waals surface area contributed by atoms with E-state index in [1.165, 1.54) is 11.6 Å². The first-order valence-corrected chi connectivity index (χ1v) is 10.7. The lowest BCUT2D eigenvalue weighted by molar-refractivity contribution is -0.114. The molecule has 2 aromatic rings. The number of allylic oxidation sites excluding steroid dienone is 1. The van der Waals surface area contributed by atoms with Crippen molar-refractivity contribution in [3.05, 3.63) is 48.2 Å². The summed E-state index contributed by atoms with van der Waals surface area (Å²) >= 11 is 0. The van der Waals surface area contributed by atoms with Crippen molar-refractivity contribution in [2.45, 2.75) is 57.9 Å². The molecule has 0 saturated carbocycles. The second kappa shape index (κ2) is 10.1. The number of anilines is 3. The van der Waals surface area contributed by atoms with E-state index in [4.69, 9.17) is 5.73 Å². The van der Waals surface area contributed by atoms with Crippen molar-refractivity contribution in [1.29, 1.82) is 0 Å². The Morgan fingerprint density at radius 2 is 2.00 bits per heavy atom. The number of hydrogen-bond donors (Lipinski definition) is 2. The molecule has 1 saturated heterocycles. The smallest absolute Gasteiger partial charge is 0.273 e. The Labute approximate surface area is 183 Å². The van der Waals surface area contributed by atoms with Gasteiger partial charge in [-0.2, -0.15) is 4.98 Å². The third-order valence-electron chi connectivity index (χ3n) is 5.58. The summed E-state index contributed by atoms with van der Waals surface area (Å²) in [7, 11) is 0. The summed E-state index contributed by atoms with van der Waals surface area (Å²) in [6.07, 6.45) is 5.54. The van der Waals surface area contributed by atoms with E-state index in [2.05, 4.69) is 45.8 Å². The molecule has 3 rings (SSSR count). The van der Waals surface area contributed by atoms with Crippen LogP contribution in [-0.4, -0.2) is 39.5 Å². The molecule has 31 heavy (non-hydrogen) atoms. The molecule has 1 fully saturated rings. The third-order valence-corrected chi connectivity index (χ3v) is 5.58. The molecule has 1 atom stereocenters. The molecule has 0 aliphatic carbocycles. The summed E-state index contributed by atoms with van der Waals surface area (Å²) in [6, 6.07) is 8.07. The number of nitrogens with zero attached hydrogens (tertiary/aromatic N) is 4. The number of amides is 1. The molecule has 1 aliphatic rings. The Hall–Kier alpha value is -3.29. The lowest BCUT2D eigenvalue weighted by Crippen LogP contribution is -2.41. The molecule has 8 nitrogen and oxygen atoms in total. The minimum absolute atomic E-state index is 0.00733. The van der Waals surface area contributed by atoms with Crippen molar-refractivity contribution in [1.82, 2.24) is 15.2 Å². The Morgan fingerprint density at radius 1 is 1.26 bits per heavy atom. The molecule has 0 spiro atoms. The van der Waals surface area contributed by atoms with Gasteiger partial charge in [0.15, 0.2) is 17.3 Å². The molecule has 1 aromatic heterocycles. The van der Waals surface area contributed by atoms with Crippen molar-refractivity contribution in [3.8, 4) is 0 Å². The van der Waals surface area contributed by atoms with E-state index in [0.717, 1.165) is 31.5 Å². The first kappa shape index (κ1) is 22.4. The van der Waals surface area contributed by atoms with Crippen LogP contribution in [0, 0.1) is 0 Å². The van der Waals surface area contributed by atoms with E-state index in [0.29, 0.717) is 24.7 Å². The highest BCUT2D eigenvalue weighted by Gasteiger charge is 2.27. The summed E-state index contributed by atoms with van der Waals surface area (Å²) in [5, 5.41) is 11.4. The molecule has 8 heteroatoms. The number of primary amides is 1. The van der Waals surface area contributed by atoms with E-state index in [1.54, 1.807) is 0 Å². The number of aromatic nitrogens is 3. The first-order valence-electron chi connectivity index (χ1n) is 10.7. The normalized spacial score (nSPS) is 16.2. The number of hydrogen-bond acceptors (Lipinski definition) is 7. The highest BCUT2D eigenvalue weighted by Crippen LogP contribution is 2.27. The predicted molar refractivity (Wildman–Crippen MR) is 122 cm³/mol. The number of piperidine rings is 1. The maximum atomic E-state index is 11.9. The fourth-order valence-electron chi connectivity index (χ4n) is 3.76. The molecule has 164 valence electrons. The van der Waals surface area contributed by atoms with E-state index in [9.17, 15) is 9.59 Å². The van der Waals surface area contributed by atoms with Crippen molar-refractivity contribution >= 4 is 29.1 Å². The fraction of sp³-hybridized carbons (Fsp3) is 0.435. The second-order valence-corrected chi connectivity index (χ2v) is 8.13. The first-order chi connectivity index (χ1) is 14.9. The van der Waals surface area contributed by atoms with Crippen LogP contribution in [0.1, 0.15) is 67.9 Å². The Kier molecular flexibility index (Phi) is 7.33. The fourth-order valence-corrected chi connectivity index (χ4v) is 3.76. The topological polar surface area (TPSA) is 114 Å². The lowest BCUT2D eigenvalue weighted by Gasteiger charge is -2.35. The average Bonchev–Trinajstić information content (AvgIpc) is 2.77. The van der Waals surface area contributed by atoms with Crippen LogP contribution in [0.4, 0.5) is 17.5 Å². The summed E-state index contributed by atoms with van der Waals surface area (Å²) in [5.41, 5.74) is 7.49.